The van der Waals surface area contributed by atoms with Gasteiger partial charge in [0.25, 0.3) is 5.69 Å². The Bertz CT molecular complexity index is 548. The Labute approximate surface area is 90.9 Å². The number of rotatable bonds is 2. The highest BCUT2D eigenvalue weighted by Gasteiger charge is 2.13. The molecular formula is C10H9N3O3. The second kappa shape index (κ2) is 3.65. The number of nitrogens with zero attached hydrogens (tertiary/aromatic N) is 3. The minimum Gasteiger partial charge on any atom is -0.507 e. The molecule has 16 heavy (non-hydrogen) atoms. The summed E-state index contributed by atoms with van der Waals surface area (Å²) in [6.45, 7) is 0. The Balaban J connectivity index is 2.60. The molecule has 0 unspecified atom stereocenters. The molecule has 0 spiro atoms. The van der Waals surface area contributed by atoms with Gasteiger partial charge in [-0.3, -0.25) is 14.8 Å². The number of phenols is 1. The van der Waals surface area contributed by atoms with E-state index >= 15 is 0 Å². The lowest BCUT2D eigenvalue weighted by atomic mass is 10.1. The van der Waals surface area contributed by atoms with Gasteiger partial charge in [0.15, 0.2) is 0 Å². The van der Waals surface area contributed by atoms with Gasteiger partial charge in [0, 0.05) is 30.9 Å². The van der Waals surface area contributed by atoms with Crippen molar-refractivity contribution in [1.29, 1.82) is 0 Å². The van der Waals surface area contributed by atoms with E-state index in [1.54, 1.807) is 24.0 Å². The van der Waals surface area contributed by atoms with Crippen molar-refractivity contribution in [2.45, 2.75) is 0 Å². The van der Waals surface area contributed by atoms with Gasteiger partial charge in [-0.1, -0.05) is 0 Å². The van der Waals surface area contributed by atoms with Crippen molar-refractivity contribution in [2.75, 3.05) is 0 Å². The van der Waals surface area contributed by atoms with E-state index in [-0.39, 0.29) is 11.4 Å². The maximum atomic E-state index is 10.6. The second-order valence-corrected chi connectivity index (χ2v) is 3.30. The highest BCUT2D eigenvalue weighted by atomic mass is 16.6. The predicted molar refractivity (Wildman–Crippen MR) is 57.0 cm³/mol. The van der Waals surface area contributed by atoms with Crippen molar-refractivity contribution in [3.8, 4) is 17.0 Å². The van der Waals surface area contributed by atoms with Gasteiger partial charge in [0.1, 0.15) is 5.75 Å². The number of nitro benzene ring substituents is 1. The van der Waals surface area contributed by atoms with Crippen LogP contribution in [0.15, 0.2) is 30.5 Å². The summed E-state index contributed by atoms with van der Waals surface area (Å²) in [5, 5.41) is 24.2. The lowest BCUT2D eigenvalue weighted by Crippen LogP contribution is -1.95. The maximum Gasteiger partial charge on any atom is 0.270 e. The summed E-state index contributed by atoms with van der Waals surface area (Å²) in [4.78, 5) is 10.1. The minimum absolute atomic E-state index is 0.00537. The zero-order valence-corrected chi connectivity index (χ0v) is 8.49. The standard InChI is InChI=1S/C10H9N3O3/c1-12-9(4-5-11-12)8-6-7(13(15)16)2-3-10(8)14/h2-6,14H,1H3. The third-order valence-corrected chi connectivity index (χ3v) is 2.29. The van der Waals surface area contributed by atoms with Crippen molar-refractivity contribution in [3.63, 3.8) is 0 Å². The Morgan fingerprint density at radius 3 is 2.75 bits per heavy atom. The Kier molecular flexibility index (Phi) is 2.32. The summed E-state index contributed by atoms with van der Waals surface area (Å²) in [6.07, 6.45) is 1.56. The Morgan fingerprint density at radius 1 is 1.44 bits per heavy atom. The van der Waals surface area contributed by atoms with Crippen molar-refractivity contribution in [3.05, 3.63) is 40.6 Å². The van der Waals surface area contributed by atoms with Crippen LogP contribution in [-0.2, 0) is 7.05 Å². The van der Waals surface area contributed by atoms with E-state index < -0.39 is 4.92 Å². The first-order valence-electron chi connectivity index (χ1n) is 4.55. The van der Waals surface area contributed by atoms with Crippen LogP contribution < -0.4 is 0 Å². The molecule has 0 radical (unpaired) electrons. The number of aromatic nitrogens is 2. The quantitative estimate of drug-likeness (QED) is 0.615. The van der Waals surface area contributed by atoms with Crippen LogP contribution in [0.4, 0.5) is 5.69 Å². The van der Waals surface area contributed by atoms with Gasteiger partial charge in [-0.05, 0) is 12.1 Å². The molecule has 0 saturated heterocycles. The molecule has 1 aromatic heterocycles. The van der Waals surface area contributed by atoms with Crippen LogP contribution in [0.3, 0.4) is 0 Å². The molecule has 82 valence electrons. The van der Waals surface area contributed by atoms with Crippen LogP contribution in [-0.4, -0.2) is 19.8 Å². The van der Waals surface area contributed by atoms with Gasteiger partial charge in [0.2, 0.25) is 0 Å². The van der Waals surface area contributed by atoms with Crippen molar-refractivity contribution < 1.29 is 10.0 Å². The number of nitro groups is 1. The SMILES string of the molecule is Cn1nccc1-c1cc([N+](=O)[O-])ccc1O. The predicted octanol–water partition coefficient (Wildman–Crippen LogP) is 1.70. The number of non-ortho nitro benzene ring substituents is 1. The highest BCUT2D eigenvalue weighted by Crippen LogP contribution is 2.31. The number of phenolic OH excluding ortho intramolecular Hbond substituents is 1. The average molecular weight is 219 g/mol. The number of benzene rings is 1. The number of hydrogen-bond acceptors (Lipinski definition) is 4. The van der Waals surface area contributed by atoms with E-state index in [4.69, 9.17) is 0 Å². The van der Waals surface area contributed by atoms with Gasteiger partial charge < -0.3 is 5.11 Å². The molecule has 1 aromatic carbocycles. The lowest BCUT2D eigenvalue weighted by molar-refractivity contribution is -0.384. The van der Waals surface area contributed by atoms with Gasteiger partial charge in [-0.15, -0.1) is 0 Å². The average Bonchev–Trinajstić information content (AvgIpc) is 2.65. The molecule has 2 aromatic rings. The fourth-order valence-electron chi connectivity index (χ4n) is 1.48. The van der Waals surface area contributed by atoms with E-state index in [9.17, 15) is 15.2 Å². The van der Waals surface area contributed by atoms with Gasteiger partial charge in [-0.2, -0.15) is 5.10 Å². The Morgan fingerprint density at radius 2 is 2.19 bits per heavy atom. The molecular weight excluding hydrogens is 210 g/mol. The molecule has 0 bridgehead atoms. The first-order valence-corrected chi connectivity index (χ1v) is 4.55. The minimum atomic E-state index is -0.501. The molecule has 0 atom stereocenters. The van der Waals surface area contributed by atoms with E-state index in [2.05, 4.69) is 5.10 Å². The van der Waals surface area contributed by atoms with Crippen LogP contribution in [0.2, 0.25) is 0 Å². The van der Waals surface area contributed by atoms with E-state index in [0.29, 0.717) is 11.3 Å². The summed E-state index contributed by atoms with van der Waals surface area (Å²) < 4.78 is 1.54. The van der Waals surface area contributed by atoms with Crippen molar-refractivity contribution >= 4 is 5.69 Å². The smallest absolute Gasteiger partial charge is 0.270 e. The highest BCUT2D eigenvalue weighted by molar-refractivity contribution is 5.69. The summed E-state index contributed by atoms with van der Waals surface area (Å²) in [6, 6.07) is 5.57. The third-order valence-electron chi connectivity index (χ3n) is 2.29. The largest absolute Gasteiger partial charge is 0.507 e. The molecule has 0 aliphatic rings. The summed E-state index contributed by atoms with van der Waals surface area (Å²) >= 11 is 0. The van der Waals surface area contributed by atoms with Crippen LogP contribution in [0.25, 0.3) is 11.3 Å². The van der Waals surface area contributed by atoms with Crippen molar-refractivity contribution in [1.82, 2.24) is 9.78 Å². The van der Waals surface area contributed by atoms with Crippen LogP contribution in [0.5, 0.6) is 5.75 Å². The summed E-state index contributed by atoms with van der Waals surface area (Å²) in [5.41, 5.74) is 0.962. The zero-order valence-electron chi connectivity index (χ0n) is 8.49. The molecule has 0 aliphatic carbocycles. The maximum absolute atomic E-state index is 10.6. The van der Waals surface area contributed by atoms with Crippen LogP contribution in [0.1, 0.15) is 0 Å². The molecule has 0 fully saturated rings. The van der Waals surface area contributed by atoms with Crippen LogP contribution in [0, 0.1) is 10.1 Å². The number of aromatic hydroxyl groups is 1. The monoisotopic (exact) mass is 219 g/mol. The summed E-state index contributed by atoms with van der Waals surface area (Å²) in [5.74, 6) is -0.00537. The molecule has 2 rings (SSSR count). The van der Waals surface area contributed by atoms with Gasteiger partial charge in [0.05, 0.1) is 10.6 Å². The Hall–Kier alpha value is -2.37. The first kappa shape index (κ1) is 10.2. The van der Waals surface area contributed by atoms with E-state index in [0.717, 1.165) is 0 Å². The molecule has 1 N–H and O–H groups in total. The normalized spacial score (nSPS) is 10.3. The topological polar surface area (TPSA) is 81.2 Å². The fraction of sp³-hybridized carbons (Fsp3) is 0.100. The van der Waals surface area contributed by atoms with E-state index in [1.165, 1.54) is 18.2 Å². The zero-order chi connectivity index (χ0) is 11.7. The van der Waals surface area contributed by atoms with Gasteiger partial charge in [-0.25, -0.2) is 0 Å². The molecule has 0 saturated carbocycles. The molecule has 0 amide bonds. The number of hydrogen-bond donors (Lipinski definition) is 1. The molecule has 0 aliphatic heterocycles. The third kappa shape index (κ3) is 1.60. The summed E-state index contributed by atoms with van der Waals surface area (Å²) in [7, 11) is 1.70. The van der Waals surface area contributed by atoms with Crippen LogP contribution >= 0.6 is 0 Å². The molecule has 6 heteroatoms. The van der Waals surface area contributed by atoms with Crippen molar-refractivity contribution in [2.24, 2.45) is 7.05 Å². The number of aryl methyl sites for hydroxylation is 1. The molecule has 6 nitrogen and oxygen atoms in total. The second-order valence-electron chi connectivity index (χ2n) is 3.30. The lowest BCUT2D eigenvalue weighted by Gasteiger charge is -2.04. The van der Waals surface area contributed by atoms with E-state index in [1.807, 2.05) is 0 Å². The fourth-order valence-corrected chi connectivity index (χ4v) is 1.48. The van der Waals surface area contributed by atoms with Gasteiger partial charge >= 0.3 is 0 Å². The first-order chi connectivity index (χ1) is 7.59. The molecule has 1 heterocycles.